The fourth-order valence-electron chi connectivity index (χ4n) is 1.90. The number of aliphatic hydroxyl groups excluding tert-OH is 1. The molecule has 142 valence electrons. The van der Waals surface area contributed by atoms with Gasteiger partial charge in [-0.25, -0.2) is 19.1 Å². The third-order valence-electron chi connectivity index (χ3n) is 2.88. The van der Waals surface area contributed by atoms with Gasteiger partial charge in [0.15, 0.2) is 0 Å². The molecule has 0 aromatic carbocycles. The Morgan fingerprint density at radius 1 is 1.16 bits per heavy atom. The number of aliphatic hydroxyl groups is 1. The van der Waals surface area contributed by atoms with Gasteiger partial charge in [-0.1, -0.05) is 0 Å². The summed E-state index contributed by atoms with van der Waals surface area (Å²) in [6.07, 6.45) is 0.0951. The van der Waals surface area contributed by atoms with E-state index in [0.717, 1.165) is 0 Å². The lowest BCUT2D eigenvalue weighted by Crippen LogP contribution is -2.50. The second-order valence-electron chi connectivity index (χ2n) is 7.84. The number of carbonyl (C=O) groups excluding carboxylic acids is 2. The molecule has 0 aliphatic rings. The molecule has 0 saturated heterocycles. The molecular formula is C16H26IN3O5. The van der Waals surface area contributed by atoms with Crippen molar-refractivity contribution in [3.05, 3.63) is 15.7 Å². The average molecular weight is 467 g/mol. The molecule has 0 aliphatic heterocycles. The number of nitrogens with zero attached hydrogens (tertiary/aromatic N) is 2. The summed E-state index contributed by atoms with van der Waals surface area (Å²) < 4.78 is 12.3. The van der Waals surface area contributed by atoms with Gasteiger partial charge >= 0.3 is 12.2 Å². The van der Waals surface area contributed by atoms with E-state index in [2.05, 4.69) is 10.3 Å². The minimum atomic E-state index is -1.33. The lowest BCUT2D eigenvalue weighted by Gasteiger charge is -2.30. The first-order valence-corrected chi connectivity index (χ1v) is 8.85. The molecule has 1 amide bonds. The number of rotatable bonds is 3. The molecule has 0 aliphatic carbocycles. The predicted molar refractivity (Wildman–Crippen MR) is 100 cm³/mol. The maximum absolute atomic E-state index is 12.5. The number of ether oxygens (including phenoxy) is 2. The van der Waals surface area contributed by atoms with E-state index in [4.69, 9.17) is 9.47 Å². The third kappa shape index (κ3) is 6.14. The van der Waals surface area contributed by atoms with E-state index in [-0.39, 0.29) is 5.82 Å². The van der Waals surface area contributed by atoms with Crippen molar-refractivity contribution in [3.8, 4) is 0 Å². The number of nitrogens with one attached hydrogen (secondary N) is 1. The molecule has 25 heavy (non-hydrogen) atoms. The van der Waals surface area contributed by atoms with Crippen LogP contribution in [0, 0.1) is 3.70 Å². The van der Waals surface area contributed by atoms with Gasteiger partial charge in [-0.2, -0.15) is 0 Å². The molecule has 1 heterocycles. The lowest BCUT2D eigenvalue weighted by molar-refractivity contribution is 0.0371. The van der Waals surface area contributed by atoms with Crippen LogP contribution in [0.4, 0.5) is 9.59 Å². The van der Waals surface area contributed by atoms with Crippen LogP contribution in [-0.2, 0) is 15.0 Å². The highest BCUT2D eigenvalue weighted by atomic mass is 127. The second-order valence-corrected chi connectivity index (χ2v) is 8.94. The molecular weight excluding hydrogens is 441 g/mol. The first-order chi connectivity index (χ1) is 11.2. The Morgan fingerprint density at radius 3 is 2.12 bits per heavy atom. The SMILES string of the molecule is CC(C)(C)OC(=O)NC(C)(CO)c1ncc(I)n1C(=O)OC(C)(C)C. The molecule has 0 spiro atoms. The molecule has 0 bridgehead atoms. The zero-order valence-electron chi connectivity index (χ0n) is 15.6. The summed E-state index contributed by atoms with van der Waals surface area (Å²) >= 11 is 1.93. The number of hydrogen-bond acceptors (Lipinski definition) is 6. The van der Waals surface area contributed by atoms with Crippen molar-refractivity contribution >= 4 is 34.8 Å². The van der Waals surface area contributed by atoms with Crippen molar-refractivity contribution < 1.29 is 24.2 Å². The molecule has 0 saturated carbocycles. The topological polar surface area (TPSA) is 103 Å². The van der Waals surface area contributed by atoms with Crippen LogP contribution in [0.5, 0.6) is 0 Å². The summed E-state index contributed by atoms with van der Waals surface area (Å²) in [5.74, 6) is 0.152. The number of amides is 1. The molecule has 0 radical (unpaired) electrons. The van der Waals surface area contributed by atoms with Crippen molar-refractivity contribution in [2.75, 3.05) is 6.61 Å². The van der Waals surface area contributed by atoms with Gasteiger partial charge in [-0.15, -0.1) is 0 Å². The Hall–Kier alpha value is -1.36. The average Bonchev–Trinajstić information content (AvgIpc) is 2.76. The first kappa shape index (κ1) is 21.7. The Balaban J connectivity index is 3.19. The number of aromatic nitrogens is 2. The zero-order valence-corrected chi connectivity index (χ0v) is 17.8. The summed E-state index contributed by atoms with van der Waals surface area (Å²) in [5.41, 5.74) is -2.73. The van der Waals surface area contributed by atoms with E-state index in [9.17, 15) is 14.7 Å². The maximum Gasteiger partial charge on any atom is 0.420 e. The van der Waals surface area contributed by atoms with Crippen LogP contribution in [-0.4, -0.2) is 44.7 Å². The molecule has 1 rings (SSSR count). The van der Waals surface area contributed by atoms with Gasteiger partial charge in [0, 0.05) is 0 Å². The molecule has 9 heteroatoms. The summed E-state index contributed by atoms with van der Waals surface area (Å²) in [5, 5.41) is 12.4. The number of carbonyl (C=O) groups is 2. The number of hydrogen-bond donors (Lipinski definition) is 2. The van der Waals surface area contributed by atoms with E-state index in [1.54, 1.807) is 48.5 Å². The van der Waals surface area contributed by atoms with Crippen LogP contribution >= 0.6 is 22.6 Å². The van der Waals surface area contributed by atoms with Gasteiger partial charge < -0.3 is 19.9 Å². The van der Waals surface area contributed by atoms with E-state index in [0.29, 0.717) is 3.70 Å². The van der Waals surface area contributed by atoms with Crippen molar-refractivity contribution in [1.29, 1.82) is 0 Å². The van der Waals surface area contributed by atoms with Crippen LogP contribution in [0.25, 0.3) is 0 Å². The van der Waals surface area contributed by atoms with Gasteiger partial charge in [0.2, 0.25) is 0 Å². The summed E-state index contributed by atoms with van der Waals surface area (Å²) in [6.45, 7) is 11.5. The number of halogens is 1. The number of alkyl carbamates (subject to hydrolysis) is 1. The molecule has 1 unspecified atom stereocenters. The molecule has 1 aromatic rings. The van der Waals surface area contributed by atoms with Gasteiger partial charge in [-0.3, -0.25) is 0 Å². The van der Waals surface area contributed by atoms with Crippen LogP contribution in [0.2, 0.25) is 0 Å². The van der Waals surface area contributed by atoms with Crippen molar-refractivity contribution in [1.82, 2.24) is 14.9 Å². The van der Waals surface area contributed by atoms with Crippen LogP contribution in [0.15, 0.2) is 6.20 Å². The van der Waals surface area contributed by atoms with Crippen LogP contribution in [0.1, 0.15) is 54.3 Å². The van der Waals surface area contributed by atoms with Crippen LogP contribution < -0.4 is 5.32 Å². The monoisotopic (exact) mass is 467 g/mol. The number of imidazole rings is 1. The summed E-state index contributed by atoms with van der Waals surface area (Å²) in [6, 6.07) is 0. The highest BCUT2D eigenvalue weighted by Gasteiger charge is 2.37. The third-order valence-corrected chi connectivity index (χ3v) is 3.64. The predicted octanol–water partition coefficient (Wildman–Crippen LogP) is 3.00. The van der Waals surface area contributed by atoms with Gasteiger partial charge in [0.1, 0.15) is 26.3 Å². The van der Waals surface area contributed by atoms with Crippen molar-refractivity contribution in [2.45, 2.75) is 65.2 Å². The summed E-state index contributed by atoms with van der Waals surface area (Å²) in [4.78, 5) is 28.8. The molecule has 1 atom stereocenters. The summed E-state index contributed by atoms with van der Waals surface area (Å²) in [7, 11) is 0. The Morgan fingerprint density at radius 2 is 1.68 bits per heavy atom. The zero-order chi connectivity index (χ0) is 19.6. The minimum Gasteiger partial charge on any atom is -0.444 e. The maximum atomic E-state index is 12.5. The fourth-order valence-corrected chi connectivity index (χ4v) is 2.46. The van der Waals surface area contributed by atoms with Crippen LogP contribution in [0.3, 0.4) is 0 Å². The first-order valence-electron chi connectivity index (χ1n) is 7.77. The van der Waals surface area contributed by atoms with Gasteiger partial charge in [0.25, 0.3) is 0 Å². The Bertz CT molecular complexity index is 645. The smallest absolute Gasteiger partial charge is 0.420 e. The van der Waals surface area contributed by atoms with Crippen molar-refractivity contribution in [3.63, 3.8) is 0 Å². The lowest BCUT2D eigenvalue weighted by atomic mass is 10.0. The Kier molecular flexibility index (Phi) is 6.49. The second kappa shape index (κ2) is 7.48. The minimum absolute atomic E-state index is 0.152. The molecule has 0 fully saturated rings. The fraction of sp³-hybridized carbons (Fsp3) is 0.688. The standard InChI is InChI=1S/C16H26IN3O5/c1-14(2,3)24-12(22)19-16(7,9-21)11-18-8-10(17)20(11)13(23)25-15(4,5)6/h8,21H,9H2,1-7H3,(H,19,22). The molecule has 8 nitrogen and oxygen atoms in total. The molecule has 2 N–H and O–H groups in total. The van der Waals surface area contributed by atoms with Gasteiger partial charge in [0.05, 0.1) is 12.8 Å². The van der Waals surface area contributed by atoms with Gasteiger partial charge in [-0.05, 0) is 71.1 Å². The normalized spacial score (nSPS) is 14.6. The quantitative estimate of drug-likeness (QED) is 0.663. The van der Waals surface area contributed by atoms with E-state index in [1.165, 1.54) is 10.8 Å². The Labute approximate surface area is 161 Å². The molecule has 1 aromatic heterocycles. The van der Waals surface area contributed by atoms with E-state index < -0.39 is 35.5 Å². The largest absolute Gasteiger partial charge is 0.444 e. The van der Waals surface area contributed by atoms with Crippen molar-refractivity contribution in [2.24, 2.45) is 0 Å². The highest BCUT2D eigenvalue weighted by Crippen LogP contribution is 2.24. The van der Waals surface area contributed by atoms with E-state index in [1.807, 2.05) is 22.6 Å². The highest BCUT2D eigenvalue weighted by molar-refractivity contribution is 14.1. The van der Waals surface area contributed by atoms with E-state index >= 15 is 0 Å².